The highest BCUT2D eigenvalue weighted by atomic mass is 16.2. The molecule has 0 radical (unpaired) electrons. The molecule has 2 atom stereocenters. The Hall–Kier alpha value is -2.24. The van der Waals surface area contributed by atoms with Crippen LogP contribution in [-0.2, 0) is 0 Å². The molecular weight excluding hydrogens is 268 g/mol. The van der Waals surface area contributed by atoms with E-state index in [0.29, 0.717) is 17.2 Å². The summed E-state index contributed by atoms with van der Waals surface area (Å²) in [6, 6.07) is 1.94. The first kappa shape index (κ1) is 13.7. The summed E-state index contributed by atoms with van der Waals surface area (Å²) in [7, 11) is 0. The minimum atomic E-state index is -0.519. The van der Waals surface area contributed by atoms with Crippen molar-refractivity contribution >= 4 is 0 Å². The van der Waals surface area contributed by atoms with Crippen LogP contribution in [0.3, 0.4) is 0 Å². The average molecular weight is 286 g/mol. The molecular formula is C15H18N4O2. The summed E-state index contributed by atoms with van der Waals surface area (Å²) in [5, 5.41) is 8.27. The molecule has 6 heteroatoms. The zero-order valence-corrected chi connectivity index (χ0v) is 12.1. The van der Waals surface area contributed by atoms with Crippen LogP contribution < -0.4 is 11.2 Å². The lowest BCUT2D eigenvalue weighted by atomic mass is 10.0. The third-order valence-electron chi connectivity index (χ3n) is 4.09. The zero-order chi connectivity index (χ0) is 15.0. The van der Waals surface area contributed by atoms with Gasteiger partial charge in [-0.3, -0.25) is 9.78 Å². The van der Waals surface area contributed by atoms with E-state index in [2.05, 4.69) is 27.1 Å². The van der Waals surface area contributed by atoms with Crippen molar-refractivity contribution in [2.45, 2.75) is 39.0 Å². The maximum absolute atomic E-state index is 11.8. The number of rotatable bonds is 4. The standard InChI is InChI=1S/C15H18N4O2/c1-3-4-9-5-11(9)10-6-13(19-18-8(10)2)12-7-16-15(21)17-14(12)20/h6-7,9,11H,3-5H2,1-2H3,(H2,16,17,20,21)/t9-,11-/m0/s1. The summed E-state index contributed by atoms with van der Waals surface area (Å²) in [6.45, 7) is 4.14. The number of hydrogen-bond acceptors (Lipinski definition) is 4. The minimum Gasteiger partial charge on any atom is -0.313 e. The Morgan fingerprint density at radius 1 is 1.33 bits per heavy atom. The summed E-state index contributed by atoms with van der Waals surface area (Å²) in [4.78, 5) is 27.6. The second kappa shape index (κ2) is 5.27. The van der Waals surface area contributed by atoms with Crippen LogP contribution in [0, 0.1) is 12.8 Å². The van der Waals surface area contributed by atoms with Gasteiger partial charge in [0.2, 0.25) is 0 Å². The molecule has 0 saturated heterocycles. The van der Waals surface area contributed by atoms with Gasteiger partial charge < -0.3 is 4.98 Å². The van der Waals surface area contributed by atoms with Crippen molar-refractivity contribution in [3.8, 4) is 11.3 Å². The van der Waals surface area contributed by atoms with Crippen molar-refractivity contribution in [1.29, 1.82) is 0 Å². The first-order valence-corrected chi connectivity index (χ1v) is 7.26. The van der Waals surface area contributed by atoms with Gasteiger partial charge in [-0.15, -0.1) is 5.10 Å². The van der Waals surface area contributed by atoms with Gasteiger partial charge in [0.05, 0.1) is 11.3 Å². The molecule has 1 saturated carbocycles. The highest BCUT2D eigenvalue weighted by Crippen LogP contribution is 2.50. The quantitative estimate of drug-likeness (QED) is 0.895. The number of H-pyrrole nitrogens is 2. The number of aromatic nitrogens is 4. The van der Waals surface area contributed by atoms with Crippen molar-refractivity contribution < 1.29 is 0 Å². The average Bonchev–Trinajstić information content (AvgIpc) is 3.19. The first-order chi connectivity index (χ1) is 10.1. The van der Waals surface area contributed by atoms with Crippen LogP contribution in [0.15, 0.2) is 21.9 Å². The summed E-state index contributed by atoms with van der Waals surface area (Å²) in [5.74, 6) is 1.25. The normalized spacial score (nSPS) is 20.5. The van der Waals surface area contributed by atoms with Gasteiger partial charge in [-0.2, -0.15) is 5.10 Å². The fourth-order valence-electron chi connectivity index (χ4n) is 2.89. The predicted octanol–water partition coefficient (Wildman–Crippen LogP) is 1.73. The molecule has 0 aromatic carbocycles. The van der Waals surface area contributed by atoms with Gasteiger partial charge >= 0.3 is 5.69 Å². The third kappa shape index (κ3) is 2.66. The SMILES string of the molecule is CCC[C@H]1C[C@@H]1c1cc(-c2c[nH]c(=O)[nH]c2=O)nnc1C. The molecule has 0 amide bonds. The van der Waals surface area contributed by atoms with Gasteiger partial charge in [0, 0.05) is 6.20 Å². The Bertz CT molecular complexity index is 778. The maximum Gasteiger partial charge on any atom is 0.325 e. The lowest BCUT2D eigenvalue weighted by Gasteiger charge is -2.06. The highest BCUT2D eigenvalue weighted by Gasteiger charge is 2.38. The van der Waals surface area contributed by atoms with Crippen LogP contribution >= 0.6 is 0 Å². The molecule has 6 nitrogen and oxygen atoms in total. The Kier molecular flexibility index (Phi) is 3.45. The van der Waals surface area contributed by atoms with E-state index in [4.69, 9.17) is 0 Å². The summed E-state index contributed by atoms with van der Waals surface area (Å²) in [6.07, 6.45) is 4.98. The van der Waals surface area contributed by atoms with Crippen molar-refractivity contribution in [3.05, 3.63) is 44.4 Å². The van der Waals surface area contributed by atoms with Crippen LogP contribution in [-0.4, -0.2) is 20.2 Å². The van der Waals surface area contributed by atoms with E-state index in [1.807, 2.05) is 13.0 Å². The van der Waals surface area contributed by atoms with E-state index in [0.717, 1.165) is 11.6 Å². The van der Waals surface area contributed by atoms with Crippen molar-refractivity contribution in [2.75, 3.05) is 0 Å². The summed E-state index contributed by atoms with van der Waals surface area (Å²) in [5.41, 5.74) is 1.98. The van der Waals surface area contributed by atoms with Crippen molar-refractivity contribution in [1.82, 2.24) is 20.2 Å². The van der Waals surface area contributed by atoms with E-state index in [-0.39, 0.29) is 0 Å². The maximum atomic E-state index is 11.8. The molecule has 1 fully saturated rings. The number of hydrogen-bond donors (Lipinski definition) is 2. The molecule has 2 heterocycles. The molecule has 21 heavy (non-hydrogen) atoms. The van der Waals surface area contributed by atoms with E-state index in [9.17, 15) is 9.59 Å². The number of aromatic amines is 2. The molecule has 110 valence electrons. The number of aryl methyl sites for hydroxylation is 1. The van der Waals surface area contributed by atoms with Crippen LogP contribution in [0.5, 0.6) is 0 Å². The molecule has 2 aromatic rings. The molecule has 2 aromatic heterocycles. The fraction of sp³-hybridized carbons (Fsp3) is 0.467. The van der Waals surface area contributed by atoms with E-state index in [1.165, 1.54) is 31.0 Å². The second-order valence-corrected chi connectivity index (χ2v) is 5.65. The van der Waals surface area contributed by atoms with Crippen LogP contribution in [0.1, 0.15) is 43.4 Å². The molecule has 3 rings (SSSR count). The van der Waals surface area contributed by atoms with Gasteiger partial charge in [-0.1, -0.05) is 19.8 Å². The Morgan fingerprint density at radius 2 is 2.14 bits per heavy atom. The smallest absolute Gasteiger partial charge is 0.313 e. The van der Waals surface area contributed by atoms with Crippen molar-refractivity contribution in [3.63, 3.8) is 0 Å². The fourth-order valence-corrected chi connectivity index (χ4v) is 2.89. The van der Waals surface area contributed by atoms with E-state index >= 15 is 0 Å². The Labute approximate surface area is 121 Å². The van der Waals surface area contributed by atoms with Crippen molar-refractivity contribution in [2.24, 2.45) is 5.92 Å². The number of nitrogens with zero attached hydrogens (tertiary/aromatic N) is 2. The lowest BCUT2D eigenvalue weighted by Crippen LogP contribution is -2.23. The topological polar surface area (TPSA) is 91.5 Å². The van der Waals surface area contributed by atoms with Crippen LogP contribution in [0.2, 0.25) is 0 Å². The molecule has 1 aliphatic carbocycles. The molecule has 2 N–H and O–H groups in total. The Balaban J connectivity index is 1.98. The van der Waals surface area contributed by atoms with Crippen LogP contribution in [0.4, 0.5) is 0 Å². The van der Waals surface area contributed by atoms with Crippen LogP contribution in [0.25, 0.3) is 11.3 Å². The largest absolute Gasteiger partial charge is 0.325 e. The molecule has 0 unspecified atom stereocenters. The molecule has 1 aliphatic rings. The van der Waals surface area contributed by atoms with E-state index < -0.39 is 11.2 Å². The summed E-state index contributed by atoms with van der Waals surface area (Å²) < 4.78 is 0. The monoisotopic (exact) mass is 286 g/mol. The second-order valence-electron chi connectivity index (χ2n) is 5.65. The van der Waals surface area contributed by atoms with Gasteiger partial charge in [0.15, 0.2) is 0 Å². The Morgan fingerprint density at radius 3 is 2.86 bits per heavy atom. The van der Waals surface area contributed by atoms with Gasteiger partial charge in [-0.25, -0.2) is 4.79 Å². The van der Waals surface area contributed by atoms with Gasteiger partial charge in [-0.05, 0) is 36.8 Å². The predicted molar refractivity (Wildman–Crippen MR) is 79.2 cm³/mol. The third-order valence-corrected chi connectivity index (χ3v) is 4.09. The highest BCUT2D eigenvalue weighted by molar-refractivity contribution is 5.57. The van der Waals surface area contributed by atoms with Gasteiger partial charge in [0.1, 0.15) is 5.69 Å². The number of nitrogens with one attached hydrogen (secondary N) is 2. The minimum absolute atomic E-state index is 0.344. The first-order valence-electron chi connectivity index (χ1n) is 7.26. The molecule has 0 bridgehead atoms. The lowest BCUT2D eigenvalue weighted by molar-refractivity contribution is 0.683. The molecule has 0 aliphatic heterocycles. The zero-order valence-electron chi connectivity index (χ0n) is 12.1. The van der Waals surface area contributed by atoms with Gasteiger partial charge in [0.25, 0.3) is 5.56 Å². The van der Waals surface area contributed by atoms with E-state index in [1.54, 1.807) is 0 Å². The summed E-state index contributed by atoms with van der Waals surface area (Å²) >= 11 is 0. The molecule has 0 spiro atoms.